The highest BCUT2D eigenvalue weighted by Crippen LogP contribution is 2.56. The van der Waals surface area contributed by atoms with Gasteiger partial charge in [-0.2, -0.15) is 0 Å². The minimum atomic E-state index is -0.370. The van der Waals surface area contributed by atoms with Crippen molar-refractivity contribution in [3.8, 4) is 0 Å². The van der Waals surface area contributed by atoms with E-state index >= 15 is 0 Å². The molecular formula is C19H25NO4S. The topological polar surface area (TPSA) is 64.6 Å². The highest BCUT2D eigenvalue weighted by molar-refractivity contribution is 7.17. The summed E-state index contributed by atoms with van der Waals surface area (Å²) in [5.74, 6) is 0.842. The predicted octanol–water partition coefficient (Wildman–Crippen LogP) is 4.28. The lowest BCUT2D eigenvalue weighted by Crippen LogP contribution is -2.38. The highest BCUT2D eigenvalue weighted by Gasteiger charge is 2.52. The van der Waals surface area contributed by atoms with E-state index in [1.165, 1.54) is 24.2 Å². The van der Waals surface area contributed by atoms with Gasteiger partial charge in [-0.25, -0.2) is 4.79 Å². The van der Waals surface area contributed by atoms with Crippen molar-refractivity contribution in [2.75, 3.05) is 11.9 Å². The molecule has 1 N–H and O–H groups in total. The van der Waals surface area contributed by atoms with Gasteiger partial charge in [0.1, 0.15) is 10.6 Å². The van der Waals surface area contributed by atoms with E-state index in [1.54, 1.807) is 6.92 Å². The van der Waals surface area contributed by atoms with Crippen molar-refractivity contribution in [3.63, 3.8) is 0 Å². The van der Waals surface area contributed by atoms with Gasteiger partial charge in [-0.15, -0.1) is 11.3 Å². The van der Waals surface area contributed by atoms with Crippen LogP contribution in [-0.4, -0.2) is 18.5 Å². The second-order valence-electron chi connectivity index (χ2n) is 7.77. The van der Waals surface area contributed by atoms with Gasteiger partial charge >= 0.3 is 5.97 Å². The molecule has 2 bridgehead atoms. The first kappa shape index (κ1) is 17.0. The van der Waals surface area contributed by atoms with Crippen LogP contribution in [0.1, 0.15) is 73.4 Å². The maximum absolute atomic E-state index is 13.1. The molecule has 5 nitrogen and oxygen atoms in total. The van der Waals surface area contributed by atoms with Crippen LogP contribution in [-0.2, 0) is 20.9 Å². The number of carbonyl (C=O) groups is 2. The Balaban J connectivity index is 1.63. The third-order valence-corrected chi connectivity index (χ3v) is 7.37. The van der Waals surface area contributed by atoms with Crippen molar-refractivity contribution >= 4 is 28.2 Å². The standard InChI is InChI=1S/C19H25NO4S/c1-4-23-17(21)15-14-10(2)24-9-13(14)25-16(15)20-18(22)19(3)8-11-5-6-12(19)7-11/h10-12H,4-9H2,1-3H3,(H,20,22)/t10?,11-,12-,19-/m1/s1. The van der Waals surface area contributed by atoms with Crippen LogP contribution < -0.4 is 5.32 Å². The molecule has 1 aliphatic heterocycles. The lowest BCUT2D eigenvalue weighted by atomic mass is 9.74. The summed E-state index contributed by atoms with van der Waals surface area (Å²) < 4.78 is 10.9. The quantitative estimate of drug-likeness (QED) is 0.811. The van der Waals surface area contributed by atoms with E-state index in [4.69, 9.17) is 9.47 Å². The Morgan fingerprint density at radius 1 is 1.40 bits per heavy atom. The van der Waals surface area contributed by atoms with Crippen molar-refractivity contribution in [2.45, 2.75) is 59.2 Å². The second-order valence-corrected chi connectivity index (χ2v) is 8.87. The molecule has 2 aliphatic carbocycles. The van der Waals surface area contributed by atoms with Gasteiger partial charge < -0.3 is 14.8 Å². The molecule has 6 heteroatoms. The number of fused-ring (bicyclic) bond motifs is 3. The summed E-state index contributed by atoms with van der Waals surface area (Å²) in [6.45, 7) is 6.62. The maximum atomic E-state index is 13.1. The van der Waals surface area contributed by atoms with E-state index in [0.29, 0.717) is 35.6 Å². The molecule has 136 valence electrons. The van der Waals surface area contributed by atoms with Gasteiger partial charge in [0.15, 0.2) is 0 Å². The van der Waals surface area contributed by atoms with Crippen LogP contribution in [0.5, 0.6) is 0 Å². The zero-order chi connectivity index (χ0) is 17.8. The van der Waals surface area contributed by atoms with Crippen LogP contribution in [0.4, 0.5) is 5.00 Å². The number of nitrogens with one attached hydrogen (secondary N) is 1. The van der Waals surface area contributed by atoms with Gasteiger partial charge in [0, 0.05) is 15.9 Å². The fraction of sp³-hybridized carbons (Fsp3) is 0.684. The molecule has 2 fully saturated rings. The van der Waals surface area contributed by atoms with E-state index < -0.39 is 0 Å². The molecule has 1 aromatic heterocycles. The van der Waals surface area contributed by atoms with Crippen LogP contribution in [0.15, 0.2) is 0 Å². The number of hydrogen-bond donors (Lipinski definition) is 1. The Bertz CT molecular complexity index is 727. The van der Waals surface area contributed by atoms with E-state index in [2.05, 4.69) is 12.2 Å². The zero-order valence-corrected chi connectivity index (χ0v) is 15.8. The molecule has 4 rings (SSSR count). The summed E-state index contributed by atoms with van der Waals surface area (Å²) in [4.78, 5) is 26.6. The summed E-state index contributed by atoms with van der Waals surface area (Å²) in [6, 6.07) is 0. The van der Waals surface area contributed by atoms with Crippen LogP contribution in [0.25, 0.3) is 0 Å². The summed E-state index contributed by atoms with van der Waals surface area (Å²) in [5, 5.41) is 3.72. The first-order valence-electron chi connectivity index (χ1n) is 9.19. The Labute approximate surface area is 152 Å². The largest absolute Gasteiger partial charge is 0.462 e. The van der Waals surface area contributed by atoms with E-state index in [1.807, 2.05) is 6.92 Å². The van der Waals surface area contributed by atoms with E-state index in [-0.39, 0.29) is 23.4 Å². The van der Waals surface area contributed by atoms with Crippen LogP contribution in [0.2, 0.25) is 0 Å². The zero-order valence-electron chi connectivity index (χ0n) is 15.0. The summed E-state index contributed by atoms with van der Waals surface area (Å²) in [5.41, 5.74) is 1.06. The summed E-state index contributed by atoms with van der Waals surface area (Å²) in [7, 11) is 0. The number of rotatable bonds is 4. The highest BCUT2D eigenvalue weighted by atomic mass is 32.1. The molecule has 3 aliphatic rings. The normalized spacial score (nSPS) is 32.7. The van der Waals surface area contributed by atoms with Gasteiger partial charge in [0.25, 0.3) is 0 Å². The molecule has 1 aromatic rings. The van der Waals surface area contributed by atoms with Crippen molar-refractivity contribution in [2.24, 2.45) is 17.3 Å². The van der Waals surface area contributed by atoms with E-state index in [9.17, 15) is 9.59 Å². The molecule has 2 heterocycles. The fourth-order valence-electron chi connectivity index (χ4n) is 4.94. The second kappa shape index (κ2) is 6.09. The molecule has 0 aromatic carbocycles. The number of ether oxygens (including phenoxy) is 2. The molecule has 0 spiro atoms. The lowest BCUT2D eigenvalue weighted by molar-refractivity contribution is -0.127. The Morgan fingerprint density at radius 3 is 2.84 bits per heavy atom. The first-order chi connectivity index (χ1) is 11.9. The number of hydrogen-bond acceptors (Lipinski definition) is 5. The maximum Gasteiger partial charge on any atom is 0.341 e. The number of thiophene rings is 1. The first-order valence-corrected chi connectivity index (χ1v) is 10.0. The third-order valence-electron chi connectivity index (χ3n) is 6.27. The number of anilines is 1. The molecule has 1 unspecified atom stereocenters. The van der Waals surface area contributed by atoms with Crippen molar-refractivity contribution in [1.82, 2.24) is 0 Å². The van der Waals surface area contributed by atoms with Gasteiger partial charge in [0.05, 0.1) is 19.3 Å². The average Bonchev–Trinajstić information content (AvgIpc) is 3.30. The number of carbonyl (C=O) groups excluding carboxylic acids is 2. The van der Waals surface area contributed by atoms with Crippen molar-refractivity contribution in [1.29, 1.82) is 0 Å². The molecule has 4 atom stereocenters. The monoisotopic (exact) mass is 363 g/mol. The van der Waals surface area contributed by atoms with Crippen LogP contribution in [0.3, 0.4) is 0 Å². The average molecular weight is 363 g/mol. The Kier molecular flexibility index (Phi) is 4.15. The smallest absolute Gasteiger partial charge is 0.341 e. The minimum absolute atomic E-state index is 0.0544. The molecule has 2 saturated carbocycles. The van der Waals surface area contributed by atoms with E-state index in [0.717, 1.165) is 23.3 Å². The molecule has 0 saturated heterocycles. The van der Waals surface area contributed by atoms with Crippen molar-refractivity contribution < 1.29 is 19.1 Å². The van der Waals surface area contributed by atoms with Gasteiger partial charge in [-0.05, 0) is 44.9 Å². The predicted molar refractivity (Wildman–Crippen MR) is 95.7 cm³/mol. The van der Waals surface area contributed by atoms with Gasteiger partial charge in [-0.3, -0.25) is 4.79 Å². The lowest BCUT2D eigenvalue weighted by Gasteiger charge is -2.32. The van der Waals surface area contributed by atoms with Gasteiger partial charge in [-0.1, -0.05) is 13.3 Å². The Morgan fingerprint density at radius 2 is 2.20 bits per heavy atom. The minimum Gasteiger partial charge on any atom is -0.462 e. The Hall–Kier alpha value is -1.40. The SMILES string of the molecule is CCOC(=O)c1c(NC(=O)[C@]2(C)C[C@@H]3CC[C@@H]2C3)sc2c1C(C)OC2. The van der Waals surface area contributed by atoms with Crippen LogP contribution in [0, 0.1) is 17.3 Å². The molecule has 1 amide bonds. The molecule has 25 heavy (non-hydrogen) atoms. The molecule has 0 radical (unpaired) electrons. The molecular weight excluding hydrogens is 338 g/mol. The number of esters is 1. The number of amides is 1. The van der Waals surface area contributed by atoms with Gasteiger partial charge in [0.2, 0.25) is 5.91 Å². The van der Waals surface area contributed by atoms with Crippen LogP contribution >= 0.6 is 11.3 Å². The fourth-order valence-corrected chi connectivity index (χ4v) is 6.13. The summed E-state index contributed by atoms with van der Waals surface area (Å²) in [6.07, 6.45) is 4.38. The summed E-state index contributed by atoms with van der Waals surface area (Å²) >= 11 is 1.45. The third kappa shape index (κ3) is 2.61. The van der Waals surface area contributed by atoms with Crippen molar-refractivity contribution in [3.05, 3.63) is 16.0 Å².